The first-order valence-electron chi connectivity index (χ1n) is 5.83. The zero-order valence-electron chi connectivity index (χ0n) is 9.71. The average molecular weight is 289 g/mol. The Kier molecular flexibility index (Phi) is 4.69. The van der Waals surface area contributed by atoms with Crippen molar-refractivity contribution in [1.29, 1.82) is 0 Å². The summed E-state index contributed by atoms with van der Waals surface area (Å²) in [4.78, 5) is 16.8. The Morgan fingerprint density at radius 1 is 1.22 bits per heavy atom. The molecule has 0 radical (unpaired) electrons. The van der Waals surface area contributed by atoms with Gasteiger partial charge in [-0.25, -0.2) is 10.3 Å². The van der Waals surface area contributed by atoms with Gasteiger partial charge in [0.2, 0.25) is 0 Å². The fourth-order valence-corrected chi connectivity index (χ4v) is 2.17. The van der Waals surface area contributed by atoms with Gasteiger partial charge in [0.05, 0.1) is 16.1 Å². The SMILES string of the molecule is O=C(NOC1CCCC1)Nc1ccc(Cl)c(Cl)c1. The number of nitrogens with one attached hydrogen (secondary N) is 2. The van der Waals surface area contributed by atoms with E-state index in [0.29, 0.717) is 15.7 Å². The molecule has 4 nitrogen and oxygen atoms in total. The number of amides is 2. The Hall–Kier alpha value is -0.970. The Bertz CT molecular complexity index is 434. The molecular formula is C12H14Cl2N2O2. The minimum Gasteiger partial charge on any atom is -0.306 e. The predicted octanol–water partition coefficient (Wildman–Crippen LogP) is 3.99. The smallest absolute Gasteiger partial charge is 0.306 e. The molecule has 0 spiro atoms. The topological polar surface area (TPSA) is 50.4 Å². The van der Waals surface area contributed by atoms with Gasteiger partial charge in [0.25, 0.3) is 0 Å². The zero-order chi connectivity index (χ0) is 13.0. The summed E-state index contributed by atoms with van der Waals surface area (Å²) in [6.45, 7) is 0. The van der Waals surface area contributed by atoms with Crippen molar-refractivity contribution in [2.75, 3.05) is 5.32 Å². The first kappa shape index (κ1) is 13.5. The van der Waals surface area contributed by atoms with Gasteiger partial charge >= 0.3 is 6.03 Å². The van der Waals surface area contributed by atoms with Gasteiger partial charge in [-0.15, -0.1) is 0 Å². The first-order chi connectivity index (χ1) is 8.65. The number of benzene rings is 1. The molecule has 0 aliphatic heterocycles. The molecule has 1 aliphatic carbocycles. The Morgan fingerprint density at radius 2 is 1.94 bits per heavy atom. The van der Waals surface area contributed by atoms with E-state index in [-0.39, 0.29) is 6.10 Å². The number of halogens is 2. The lowest BCUT2D eigenvalue weighted by molar-refractivity contribution is 0.00336. The van der Waals surface area contributed by atoms with Gasteiger partial charge in [-0.2, -0.15) is 0 Å². The number of carbonyl (C=O) groups excluding carboxylic acids is 1. The van der Waals surface area contributed by atoms with Gasteiger partial charge in [-0.3, -0.25) is 4.84 Å². The van der Waals surface area contributed by atoms with Crippen molar-refractivity contribution in [2.24, 2.45) is 0 Å². The molecule has 0 atom stereocenters. The van der Waals surface area contributed by atoms with E-state index >= 15 is 0 Å². The van der Waals surface area contributed by atoms with E-state index in [2.05, 4.69) is 10.8 Å². The van der Waals surface area contributed by atoms with E-state index in [4.69, 9.17) is 28.0 Å². The molecule has 1 aromatic rings. The number of hydrogen-bond acceptors (Lipinski definition) is 2. The normalized spacial score (nSPS) is 15.7. The van der Waals surface area contributed by atoms with E-state index in [1.807, 2.05) is 0 Å². The van der Waals surface area contributed by atoms with E-state index in [1.165, 1.54) is 0 Å². The largest absolute Gasteiger partial charge is 0.343 e. The van der Waals surface area contributed by atoms with Crippen molar-refractivity contribution in [2.45, 2.75) is 31.8 Å². The maximum absolute atomic E-state index is 11.5. The summed E-state index contributed by atoms with van der Waals surface area (Å²) < 4.78 is 0. The highest BCUT2D eigenvalue weighted by Crippen LogP contribution is 2.25. The summed E-state index contributed by atoms with van der Waals surface area (Å²) in [6.07, 6.45) is 4.42. The molecule has 1 aromatic carbocycles. The lowest BCUT2D eigenvalue weighted by atomic mass is 10.3. The van der Waals surface area contributed by atoms with Crippen LogP contribution in [0.2, 0.25) is 10.0 Å². The summed E-state index contributed by atoms with van der Waals surface area (Å²) in [5.74, 6) is 0. The van der Waals surface area contributed by atoms with Crippen LogP contribution in [0.1, 0.15) is 25.7 Å². The van der Waals surface area contributed by atoms with E-state index in [1.54, 1.807) is 18.2 Å². The van der Waals surface area contributed by atoms with Crippen LogP contribution in [0, 0.1) is 0 Å². The summed E-state index contributed by atoms with van der Waals surface area (Å²) >= 11 is 11.6. The molecular weight excluding hydrogens is 275 g/mol. The first-order valence-corrected chi connectivity index (χ1v) is 6.58. The number of anilines is 1. The van der Waals surface area contributed by atoms with Crippen LogP contribution in [-0.4, -0.2) is 12.1 Å². The van der Waals surface area contributed by atoms with Gasteiger partial charge < -0.3 is 5.32 Å². The molecule has 0 bridgehead atoms. The van der Waals surface area contributed by atoms with Crippen LogP contribution in [0.5, 0.6) is 0 Å². The van der Waals surface area contributed by atoms with Gasteiger partial charge in [0.1, 0.15) is 0 Å². The second-order valence-electron chi connectivity index (χ2n) is 4.21. The summed E-state index contributed by atoms with van der Waals surface area (Å²) in [7, 11) is 0. The Morgan fingerprint density at radius 3 is 2.61 bits per heavy atom. The average Bonchev–Trinajstić information content (AvgIpc) is 2.84. The Labute approximate surface area is 116 Å². The quantitative estimate of drug-likeness (QED) is 0.827. The maximum Gasteiger partial charge on any atom is 0.343 e. The van der Waals surface area contributed by atoms with Gasteiger partial charge in [-0.1, -0.05) is 36.0 Å². The molecule has 0 aromatic heterocycles. The van der Waals surface area contributed by atoms with Gasteiger partial charge in [0.15, 0.2) is 0 Å². The molecule has 0 saturated heterocycles. The van der Waals surface area contributed by atoms with Gasteiger partial charge in [0, 0.05) is 5.69 Å². The molecule has 2 N–H and O–H groups in total. The van der Waals surface area contributed by atoms with Crippen molar-refractivity contribution in [3.8, 4) is 0 Å². The highest BCUT2D eigenvalue weighted by Gasteiger charge is 2.16. The van der Waals surface area contributed by atoms with Crippen molar-refractivity contribution < 1.29 is 9.63 Å². The lowest BCUT2D eigenvalue weighted by Crippen LogP contribution is -2.32. The van der Waals surface area contributed by atoms with Crippen LogP contribution >= 0.6 is 23.2 Å². The molecule has 6 heteroatoms. The third kappa shape index (κ3) is 3.77. The standard InChI is InChI=1S/C12H14Cl2N2O2/c13-10-6-5-8(7-11(10)14)15-12(17)16-18-9-3-1-2-4-9/h5-7,9H,1-4H2,(H2,15,16,17). The predicted molar refractivity (Wildman–Crippen MR) is 72.0 cm³/mol. The van der Waals surface area contributed by atoms with Crippen LogP contribution in [0.4, 0.5) is 10.5 Å². The summed E-state index contributed by atoms with van der Waals surface area (Å²) in [5.41, 5.74) is 2.95. The van der Waals surface area contributed by atoms with Crippen molar-refractivity contribution >= 4 is 34.9 Å². The number of hydroxylamine groups is 1. The van der Waals surface area contributed by atoms with Crippen LogP contribution in [0.25, 0.3) is 0 Å². The third-order valence-corrected chi connectivity index (χ3v) is 3.54. The van der Waals surface area contributed by atoms with Gasteiger partial charge in [-0.05, 0) is 31.0 Å². The number of rotatable bonds is 3. The van der Waals surface area contributed by atoms with E-state index in [0.717, 1.165) is 25.7 Å². The fraction of sp³-hybridized carbons (Fsp3) is 0.417. The minimum atomic E-state index is -0.416. The number of urea groups is 1. The van der Waals surface area contributed by atoms with Crippen LogP contribution in [0.15, 0.2) is 18.2 Å². The van der Waals surface area contributed by atoms with Crippen molar-refractivity contribution in [1.82, 2.24) is 5.48 Å². The van der Waals surface area contributed by atoms with Crippen molar-refractivity contribution in [3.05, 3.63) is 28.2 Å². The van der Waals surface area contributed by atoms with Crippen molar-refractivity contribution in [3.63, 3.8) is 0 Å². The second-order valence-corrected chi connectivity index (χ2v) is 5.02. The lowest BCUT2D eigenvalue weighted by Gasteiger charge is -2.12. The molecule has 1 saturated carbocycles. The highest BCUT2D eigenvalue weighted by atomic mass is 35.5. The molecule has 18 heavy (non-hydrogen) atoms. The monoisotopic (exact) mass is 288 g/mol. The molecule has 98 valence electrons. The second kappa shape index (κ2) is 6.27. The maximum atomic E-state index is 11.5. The highest BCUT2D eigenvalue weighted by molar-refractivity contribution is 6.42. The summed E-state index contributed by atoms with van der Waals surface area (Å²) in [5, 5.41) is 3.46. The molecule has 0 heterocycles. The zero-order valence-corrected chi connectivity index (χ0v) is 11.2. The molecule has 1 fully saturated rings. The van der Waals surface area contributed by atoms with Crippen LogP contribution in [0.3, 0.4) is 0 Å². The molecule has 1 aliphatic rings. The fourth-order valence-electron chi connectivity index (χ4n) is 1.87. The number of carbonyl (C=O) groups is 1. The Balaban J connectivity index is 1.80. The molecule has 2 amide bonds. The van der Waals surface area contributed by atoms with E-state index < -0.39 is 6.03 Å². The molecule has 2 rings (SSSR count). The minimum absolute atomic E-state index is 0.129. The third-order valence-electron chi connectivity index (χ3n) is 2.80. The number of hydrogen-bond donors (Lipinski definition) is 2. The van der Waals surface area contributed by atoms with E-state index in [9.17, 15) is 4.79 Å². The summed E-state index contributed by atoms with van der Waals surface area (Å²) in [6, 6.07) is 4.46. The van der Waals surface area contributed by atoms with Crippen LogP contribution < -0.4 is 10.8 Å². The van der Waals surface area contributed by atoms with Crippen LogP contribution in [-0.2, 0) is 4.84 Å². The molecule has 0 unspecified atom stereocenters.